The molecule has 4 nitrogen and oxygen atoms in total. The SMILES string of the molecule is O=C(Nc1cccc2cnccc12)[C@@H]1[CH-][C@@H](c2cccs2)CNC1.[Lr]. The number of hydrogen-bond donors (Lipinski definition) is 2. The van der Waals surface area contributed by atoms with E-state index in [0.29, 0.717) is 12.5 Å². The molecule has 1 aliphatic heterocycles. The van der Waals surface area contributed by atoms with Gasteiger partial charge in [0.25, 0.3) is 0 Å². The zero-order valence-corrected chi connectivity index (χ0v) is 16.3. The van der Waals surface area contributed by atoms with Crippen LogP contribution in [0, 0.1) is 12.3 Å². The van der Waals surface area contributed by atoms with E-state index in [9.17, 15) is 4.79 Å². The zero-order chi connectivity index (χ0) is 16.4. The van der Waals surface area contributed by atoms with Gasteiger partial charge in [-0.3, -0.25) is 9.78 Å². The molecule has 2 N–H and O–H groups in total. The van der Waals surface area contributed by atoms with Gasteiger partial charge in [-0.15, -0.1) is 5.92 Å². The van der Waals surface area contributed by atoms with Crippen LogP contribution in [-0.2, 0) is 4.79 Å². The molecule has 25 heavy (non-hydrogen) atoms. The number of piperidine rings is 1. The second-order valence-corrected chi connectivity index (χ2v) is 6.95. The molecule has 0 bridgehead atoms. The topological polar surface area (TPSA) is 54.0 Å². The number of nitrogens with zero attached hydrogens (tertiary/aromatic N) is 1. The number of pyridine rings is 1. The van der Waals surface area contributed by atoms with Crippen molar-refractivity contribution >= 4 is 33.7 Å². The number of benzene rings is 1. The van der Waals surface area contributed by atoms with Crippen molar-refractivity contribution in [2.75, 3.05) is 18.4 Å². The number of fused-ring (bicyclic) bond motifs is 1. The van der Waals surface area contributed by atoms with Crippen LogP contribution in [-0.4, -0.2) is 24.0 Å². The molecular weight excluding hydrogens is 580 g/mol. The molecule has 1 aliphatic rings. The summed E-state index contributed by atoms with van der Waals surface area (Å²) in [6.45, 7) is 1.57. The third-order valence-electron chi connectivity index (χ3n) is 4.38. The fraction of sp³-hybridized carbons (Fsp3) is 0.211. The number of aromatic nitrogens is 1. The van der Waals surface area contributed by atoms with E-state index in [1.54, 1.807) is 17.5 Å². The third kappa shape index (κ3) is 3.34. The normalized spacial score (nSPS) is 20.0. The molecule has 6 heteroatoms. The van der Waals surface area contributed by atoms with Crippen LogP contribution in [0.25, 0.3) is 10.8 Å². The third-order valence-corrected chi connectivity index (χ3v) is 5.38. The maximum Gasteiger partial charge on any atom is 0.198 e. The summed E-state index contributed by atoms with van der Waals surface area (Å²) in [5.74, 6) is 0.197. The number of anilines is 1. The van der Waals surface area contributed by atoms with Crippen molar-refractivity contribution in [3.63, 3.8) is 0 Å². The van der Waals surface area contributed by atoms with E-state index >= 15 is 0 Å². The Labute approximate surface area is 144 Å². The number of rotatable bonds is 3. The standard InChI is InChI=1S/C19H18N3OS.Lr/c23-19(15-9-14(11-21-12-15)18-5-2-8-24-18)22-17-4-1-3-13-10-20-7-6-16(13)17;/h1-10,14-15,21H,11-12H2,(H,22,23);/q-1;/t14-,15-;/m1./s1. The second kappa shape index (κ2) is 7.11. The molecule has 1 aromatic carbocycles. The Balaban J connectivity index is 0.00000182. The van der Waals surface area contributed by atoms with Gasteiger partial charge < -0.3 is 17.1 Å². The molecule has 3 heterocycles. The Morgan fingerprint density at radius 3 is 3.00 bits per heavy atom. The van der Waals surface area contributed by atoms with Gasteiger partial charge in [-0.05, 0) is 35.5 Å². The molecule has 3 aromatic rings. The molecule has 1 fully saturated rings. The first-order chi connectivity index (χ1) is 11.8. The molecule has 1 amide bonds. The summed E-state index contributed by atoms with van der Waals surface area (Å²) in [7, 11) is 0. The van der Waals surface area contributed by atoms with Crippen LogP contribution in [0.5, 0.6) is 0 Å². The Hall–Kier alpha value is -3.24. The number of carbonyl (C=O) groups is 1. The molecule has 0 saturated carbocycles. The first-order valence-electron chi connectivity index (χ1n) is 8.04. The van der Waals surface area contributed by atoms with Crippen LogP contribution in [0.3, 0.4) is 0 Å². The maximum absolute atomic E-state index is 12.7. The number of thiophene rings is 1. The smallest absolute Gasteiger partial charge is 0.198 e. The van der Waals surface area contributed by atoms with Gasteiger partial charge in [0.15, 0.2) is 5.91 Å². The molecule has 2 aromatic heterocycles. The minimum atomic E-state index is -0.136. The van der Waals surface area contributed by atoms with Crippen molar-refractivity contribution in [1.82, 2.24) is 10.3 Å². The van der Waals surface area contributed by atoms with E-state index in [4.69, 9.17) is 0 Å². The Bertz CT molecular complexity index is 848. The Morgan fingerprint density at radius 2 is 2.16 bits per heavy atom. The summed E-state index contributed by atoms with van der Waals surface area (Å²) in [5, 5.41) is 10.6. The first-order valence-corrected chi connectivity index (χ1v) is 8.92. The monoisotopic (exact) mass is 598 g/mol. The zero-order valence-electron chi connectivity index (χ0n) is 13.4. The van der Waals surface area contributed by atoms with Crippen LogP contribution in [0.2, 0.25) is 0 Å². The van der Waals surface area contributed by atoms with Crippen LogP contribution >= 0.6 is 11.3 Å². The molecular formula is C19H18LrN3OS-. The average Bonchev–Trinajstić information content (AvgIpc) is 3.17. The van der Waals surface area contributed by atoms with Crippen LogP contribution < -0.4 is 10.6 Å². The molecule has 0 spiro atoms. The summed E-state index contributed by atoms with van der Waals surface area (Å²) >= 11 is 1.74. The number of carbonyl (C=O) groups excluding carboxylic acids is 1. The summed E-state index contributed by atoms with van der Waals surface area (Å²) in [6, 6.07) is 12.0. The Kier molecular flexibility index (Phi) is 4.73. The summed E-state index contributed by atoms with van der Waals surface area (Å²) < 4.78 is 0. The minimum Gasteiger partial charge on any atom is -0.327 e. The van der Waals surface area contributed by atoms with E-state index in [0.717, 1.165) is 23.0 Å². The van der Waals surface area contributed by atoms with Crippen LogP contribution in [0.1, 0.15) is 10.8 Å². The van der Waals surface area contributed by atoms with Gasteiger partial charge in [0.2, 0.25) is 0 Å². The molecule has 0 unspecified atom stereocenters. The summed E-state index contributed by atoms with van der Waals surface area (Å²) in [4.78, 5) is 18.2. The van der Waals surface area contributed by atoms with E-state index < -0.39 is 0 Å². The van der Waals surface area contributed by atoms with Gasteiger partial charge in [0, 0.05) is 28.9 Å². The largest absolute Gasteiger partial charge is 0.327 e. The number of amides is 1. The van der Waals surface area contributed by atoms with E-state index in [-0.39, 0.29) is 11.8 Å². The van der Waals surface area contributed by atoms with Gasteiger partial charge in [0.1, 0.15) is 0 Å². The fourth-order valence-electron chi connectivity index (χ4n) is 3.15. The molecule has 137 valence electrons. The summed E-state index contributed by atoms with van der Waals surface area (Å²) in [6.07, 6.45) is 5.73. The average molecular weight is 598 g/mol. The maximum atomic E-state index is 12.7. The molecule has 4 rings (SSSR count). The van der Waals surface area contributed by atoms with Gasteiger partial charge >= 0.3 is 0 Å². The van der Waals surface area contributed by atoms with Crippen molar-refractivity contribution in [3.05, 3.63) is 65.5 Å². The van der Waals surface area contributed by atoms with Crippen LogP contribution in [0.15, 0.2) is 54.2 Å². The van der Waals surface area contributed by atoms with Gasteiger partial charge in [-0.25, -0.2) is 0 Å². The number of hydrogen-bond acceptors (Lipinski definition) is 4. The predicted octanol–water partition coefficient (Wildman–Crippen LogP) is 3.44. The van der Waals surface area contributed by atoms with E-state index in [2.05, 4.69) is 39.6 Å². The van der Waals surface area contributed by atoms with E-state index in [1.165, 1.54) is 4.88 Å². The van der Waals surface area contributed by atoms with Crippen molar-refractivity contribution < 1.29 is 4.79 Å². The van der Waals surface area contributed by atoms with Crippen molar-refractivity contribution in [3.8, 4) is 0 Å². The fourth-order valence-corrected chi connectivity index (χ4v) is 3.95. The molecule has 2 atom stereocenters. The predicted molar refractivity (Wildman–Crippen MR) is 98.1 cm³/mol. The van der Waals surface area contributed by atoms with Crippen molar-refractivity contribution in [2.45, 2.75) is 5.92 Å². The second-order valence-electron chi connectivity index (χ2n) is 5.97. The van der Waals surface area contributed by atoms with Gasteiger partial charge in [0.05, 0.1) is 0 Å². The van der Waals surface area contributed by atoms with Gasteiger partial charge in [-0.1, -0.05) is 30.2 Å². The first kappa shape index (κ1) is 16.6. The summed E-state index contributed by atoms with van der Waals surface area (Å²) in [5.41, 5.74) is 0.839. The molecule has 1 radical (unpaired) electrons. The minimum absolute atomic E-state index is 0. The Morgan fingerprint density at radius 1 is 1.24 bits per heavy atom. The molecule has 1 saturated heterocycles. The van der Waals surface area contributed by atoms with Crippen LogP contribution in [0.4, 0.5) is 5.69 Å². The number of nitrogens with one attached hydrogen (secondary N) is 2. The quantitative estimate of drug-likeness (QED) is 0.455. The van der Waals surface area contributed by atoms with Crippen molar-refractivity contribution in [2.24, 2.45) is 5.92 Å². The van der Waals surface area contributed by atoms with E-state index in [1.807, 2.05) is 30.5 Å². The van der Waals surface area contributed by atoms with Gasteiger partial charge in [-0.2, -0.15) is 11.3 Å². The molecule has 0 aliphatic carbocycles. The van der Waals surface area contributed by atoms with Crippen molar-refractivity contribution in [1.29, 1.82) is 0 Å².